The second kappa shape index (κ2) is 11.5. The molecular formula is C29H41ClO2. The zero-order valence-corrected chi connectivity index (χ0v) is 21.7. The van der Waals surface area contributed by atoms with Crippen molar-refractivity contribution < 1.29 is 9.90 Å². The van der Waals surface area contributed by atoms with Gasteiger partial charge in [-0.1, -0.05) is 83.5 Å². The van der Waals surface area contributed by atoms with Gasteiger partial charge in [0.05, 0.1) is 0 Å². The summed E-state index contributed by atoms with van der Waals surface area (Å²) in [6.07, 6.45) is 3.15. The molecule has 0 amide bonds. The third kappa shape index (κ3) is 7.18. The fourth-order valence-electron chi connectivity index (χ4n) is 4.34. The molecule has 0 aliphatic heterocycles. The van der Waals surface area contributed by atoms with Gasteiger partial charge in [-0.3, -0.25) is 4.79 Å². The maximum atomic E-state index is 13.2. The first kappa shape index (κ1) is 26.6. The first-order valence-corrected chi connectivity index (χ1v) is 12.3. The Balaban J connectivity index is 2.29. The number of hydrogen-bond acceptors (Lipinski definition) is 2. The normalized spacial score (nSPS) is 13.9. The predicted octanol–water partition coefficient (Wildman–Crippen LogP) is 7.35. The molecule has 0 heterocycles. The number of ketones is 1. The fourth-order valence-corrected chi connectivity index (χ4v) is 4.63. The molecule has 2 rings (SSSR count). The van der Waals surface area contributed by atoms with E-state index in [4.69, 9.17) is 11.6 Å². The molecule has 1 unspecified atom stereocenters. The Morgan fingerprint density at radius 3 is 2.25 bits per heavy atom. The van der Waals surface area contributed by atoms with Crippen molar-refractivity contribution >= 4 is 17.4 Å². The number of hydrogen-bond donors (Lipinski definition) is 1. The largest absolute Gasteiger partial charge is 0.396 e. The highest BCUT2D eigenvalue weighted by molar-refractivity contribution is 6.31. The van der Waals surface area contributed by atoms with E-state index in [1.165, 1.54) is 16.7 Å². The van der Waals surface area contributed by atoms with Gasteiger partial charge in [0.25, 0.3) is 0 Å². The van der Waals surface area contributed by atoms with E-state index in [2.05, 4.69) is 52.8 Å². The van der Waals surface area contributed by atoms with Gasteiger partial charge in [0.15, 0.2) is 0 Å². The van der Waals surface area contributed by atoms with Gasteiger partial charge in [-0.05, 0) is 77.3 Å². The smallest absolute Gasteiger partial charge is 0.140 e. The Hall–Kier alpha value is -1.64. The van der Waals surface area contributed by atoms with E-state index in [0.717, 1.165) is 30.4 Å². The summed E-state index contributed by atoms with van der Waals surface area (Å²) in [6, 6.07) is 12.3. The molecule has 0 saturated carbocycles. The van der Waals surface area contributed by atoms with Crippen molar-refractivity contribution in [3.63, 3.8) is 0 Å². The van der Waals surface area contributed by atoms with Crippen LogP contribution in [0.4, 0.5) is 0 Å². The van der Waals surface area contributed by atoms with E-state index in [0.29, 0.717) is 17.4 Å². The molecule has 2 atom stereocenters. The monoisotopic (exact) mass is 456 g/mol. The van der Waals surface area contributed by atoms with E-state index in [9.17, 15) is 9.90 Å². The lowest BCUT2D eigenvalue weighted by molar-refractivity contribution is -0.123. The minimum atomic E-state index is -0.244. The van der Waals surface area contributed by atoms with Crippen LogP contribution in [0.2, 0.25) is 5.02 Å². The van der Waals surface area contributed by atoms with E-state index < -0.39 is 0 Å². The standard InChI is InChI=1S/C29H41ClO2/c1-19(2)24-12-9-11-22(14-15-29(5,6)7)26(24)16-23(18-31)21(4)28(32)17-25-20(3)10-8-13-27(25)30/h8-13,19,21,23,31H,14-18H2,1-7H3/t21?,23-/m1/s1. The number of aryl methyl sites for hydroxylation is 2. The first-order valence-electron chi connectivity index (χ1n) is 11.9. The van der Waals surface area contributed by atoms with E-state index in [1.54, 1.807) is 0 Å². The van der Waals surface area contributed by atoms with Gasteiger partial charge >= 0.3 is 0 Å². The molecule has 0 fully saturated rings. The van der Waals surface area contributed by atoms with Gasteiger partial charge in [-0.2, -0.15) is 0 Å². The molecule has 1 N–H and O–H groups in total. The number of aliphatic hydroxyl groups excluding tert-OH is 1. The Morgan fingerprint density at radius 2 is 1.69 bits per heavy atom. The maximum absolute atomic E-state index is 13.2. The van der Waals surface area contributed by atoms with Gasteiger partial charge in [0.1, 0.15) is 5.78 Å². The molecule has 176 valence electrons. The molecular weight excluding hydrogens is 416 g/mol. The molecule has 2 aromatic carbocycles. The lowest BCUT2D eigenvalue weighted by atomic mass is 9.79. The van der Waals surface area contributed by atoms with Crippen LogP contribution >= 0.6 is 11.6 Å². The lowest BCUT2D eigenvalue weighted by Gasteiger charge is -2.26. The summed E-state index contributed by atoms with van der Waals surface area (Å²) in [5.74, 6) is 0.180. The van der Waals surface area contributed by atoms with Crippen LogP contribution in [-0.2, 0) is 24.1 Å². The van der Waals surface area contributed by atoms with Gasteiger partial charge < -0.3 is 5.11 Å². The molecule has 2 nitrogen and oxygen atoms in total. The zero-order chi connectivity index (χ0) is 24.1. The fraction of sp³-hybridized carbons (Fsp3) is 0.552. The van der Waals surface area contributed by atoms with Crippen LogP contribution in [0, 0.1) is 24.2 Å². The van der Waals surface area contributed by atoms with Crippen LogP contribution in [0.25, 0.3) is 0 Å². The number of halogens is 1. The SMILES string of the molecule is Cc1cccc(Cl)c1CC(=O)C(C)[C@@H](CO)Cc1c(CCC(C)(C)C)cccc1C(C)C. The quantitative estimate of drug-likeness (QED) is 0.405. The molecule has 0 spiro atoms. The van der Waals surface area contributed by atoms with Crippen LogP contribution in [0.15, 0.2) is 36.4 Å². The van der Waals surface area contributed by atoms with Crippen LogP contribution in [0.5, 0.6) is 0 Å². The van der Waals surface area contributed by atoms with Crippen molar-refractivity contribution in [1.82, 2.24) is 0 Å². The summed E-state index contributed by atoms with van der Waals surface area (Å²) in [7, 11) is 0. The number of carbonyl (C=O) groups excluding carboxylic acids is 1. The number of benzene rings is 2. The van der Waals surface area contributed by atoms with E-state index in [1.807, 2.05) is 32.0 Å². The topological polar surface area (TPSA) is 37.3 Å². The van der Waals surface area contributed by atoms with Gasteiger partial charge in [0.2, 0.25) is 0 Å². The summed E-state index contributed by atoms with van der Waals surface area (Å²) in [4.78, 5) is 13.2. The predicted molar refractivity (Wildman–Crippen MR) is 137 cm³/mol. The average Bonchev–Trinajstić information content (AvgIpc) is 2.72. The van der Waals surface area contributed by atoms with Crippen molar-refractivity contribution in [3.05, 3.63) is 69.2 Å². The molecule has 32 heavy (non-hydrogen) atoms. The highest BCUT2D eigenvalue weighted by Crippen LogP contribution is 2.31. The van der Waals surface area contributed by atoms with Crippen molar-refractivity contribution in [2.75, 3.05) is 6.61 Å². The summed E-state index contributed by atoms with van der Waals surface area (Å²) in [5.41, 5.74) is 6.20. The summed E-state index contributed by atoms with van der Waals surface area (Å²) in [6.45, 7) is 15.2. The van der Waals surface area contributed by atoms with Crippen molar-refractivity contribution in [3.8, 4) is 0 Å². The van der Waals surface area contributed by atoms with Crippen molar-refractivity contribution in [2.45, 2.75) is 80.1 Å². The maximum Gasteiger partial charge on any atom is 0.140 e. The van der Waals surface area contributed by atoms with Gasteiger partial charge in [-0.25, -0.2) is 0 Å². The van der Waals surface area contributed by atoms with Crippen LogP contribution < -0.4 is 0 Å². The summed E-state index contributed by atoms with van der Waals surface area (Å²) >= 11 is 6.37. The highest BCUT2D eigenvalue weighted by atomic mass is 35.5. The molecule has 0 aliphatic carbocycles. The Labute approximate surface area is 200 Å². The minimum Gasteiger partial charge on any atom is -0.396 e. The van der Waals surface area contributed by atoms with Gasteiger partial charge in [0, 0.05) is 24.0 Å². The van der Waals surface area contributed by atoms with E-state index >= 15 is 0 Å². The molecule has 0 bridgehead atoms. The molecule has 0 saturated heterocycles. The van der Waals surface area contributed by atoms with Crippen molar-refractivity contribution in [1.29, 1.82) is 0 Å². The number of aliphatic hydroxyl groups is 1. The summed E-state index contributed by atoms with van der Waals surface area (Å²) in [5, 5.41) is 10.9. The molecule has 0 radical (unpaired) electrons. The number of carbonyl (C=O) groups is 1. The second-order valence-electron chi connectivity index (χ2n) is 10.8. The molecule has 0 aromatic heterocycles. The Morgan fingerprint density at radius 1 is 1.03 bits per heavy atom. The lowest BCUT2D eigenvalue weighted by Crippen LogP contribution is -2.28. The van der Waals surface area contributed by atoms with Gasteiger partial charge in [-0.15, -0.1) is 0 Å². The molecule has 0 aliphatic rings. The zero-order valence-electron chi connectivity index (χ0n) is 21.0. The van der Waals surface area contributed by atoms with Crippen LogP contribution in [0.3, 0.4) is 0 Å². The summed E-state index contributed by atoms with van der Waals surface area (Å²) < 4.78 is 0. The second-order valence-corrected chi connectivity index (χ2v) is 11.2. The van der Waals surface area contributed by atoms with Crippen LogP contribution in [-0.4, -0.2) is 17.5 Å². The molecule has 2 aromatic rings. The third-order valence-electron chi connectivity index (χ3n) is 6.70. The third-order valence-corrected chi connectivity index (χ3v) is 7.05. The van der Waals surface area contributed by atoms with Crippen LogP contribution in [0.1, 0.15) is 81.7 Å². The Bertz CT molecular complexity index is 888. The molecule has 3 heteroatoms. The van der Waals surface area contributed by atoms with E-state index in [-0.39, 0.29) is 29.6 Å². The highest BCUT2D eigenvalue weighted by Gasteiger charge is 2.27. The minimum absolute atomic E-state index is 0.000445. The number of rotatable bonds is 10. The van der Waals surface area contributed by atoms with Crippen molar-refractivity contribution in [2.24, 2.45) is 17.3 Å². The number of Topliss-reactive ketones (excluding diaryl/α,β-unsaturated/α-hetero) is 1. The Kier molecular flexibility index (Phi) is 9.54. The first-order chi connectivity index (χ1) is 14.9. The average molecular weight is 457 g/mol.